The normalized spacial score (nSPS) is 12.2. The molecule has 0 aliphatic heterocycles. The van der Waals surface area contributed by atoms with Gasteiger partial charge in [-0.3, -0.25) is 4.79 Å². The van der Waals surface area contributed by atoms with E-state index in [9.17, 15) is 9.90 Å². The minimum Gasteiger partial charge on any atom is -0.508 e. The van der Waals surface area contributed by atoms with Crippen molar-refractivity contribution in [3.8, 4) is 5.75 Å². The van der Waals surface area contributed by atoms with Crippen molar-refractivity contribution < 1.29 is 9.90 Å². The summed E-state index contributed by atoms with van der Waals surface area (Å²) in [6.07, 6.45) is 0.835. The Morgan fingerprint density at radius 2 is 2.05 bits per heavy atom. The Balaban J connectivity index is 2.00. The van der Waals surface area contributed by atoms with Crippen molar-refractivity contribution >= 4 is 17.2 Å². The van der Waals surface area contributed by atoms with Crippen molar-refractivity contribution in [3.63, 3.8) is 0 Å². The summed E-state index contributed by atoms with van der Waals surface area (Å²) in [5.74, 6) is 0.0874. The quantitative estimate of drug-likeness (QED) is 0.906. The summed E-state index contributed by atoms with van der Waals surface area (Å²) in [4.78, 5) is 14.8. The van der Waals surface area contributed by atoms with Crippen molar-refractivity contribution in [2.75, 3.05) is 0 Å². The second kappa shape index (κ2) is 6.09. The number of phenolic OH excluding ortho intramolecular Hbond substituents is 1. The van der Waals surface area contributed by atoms with Crippen LogP contribution in [0.15, 0.2) is 30.3 Å². The molecular weight excluding hydrogens is 270 g/mol. The van der Waals surface area contributed by atoms with Gasteiger partial charge in [0.25, 0.3) is 5.91 Å². The third kappa shape index (κ3) is 3.61. The Kier molecular flexibility index (Phi) is 4.45. The molecule has 0 fully saturated rings. The lowest BCUT2D eigenvalue weighted by Gasteiger charge is -2.14. The van der Waals surface area contributed by atoms with Gasteiger partial charge in [0.15, 0.2) is 0 Å². The molecule has 1 amide bonds. The molecular formula is C16H19NO2S. The number of aromatic hydroxyl groups is 1. The molecule has 0 bridgehead atoms. The maximum Gasteiger partial charge on any atom is 0.251 e. The van der Waals surface area contributed by atoms with Crippen LogP contribution in [0.4, 0.5) is 0 Å². The number of aryl methyl sites for hydroxylation is 2. The number of phenols is 1. The highest BCUT2D eigenvalue weighted by Crippen LogP contribution is 2.18. The largest absolute Gasteiger partial charge is 0.508 e. The number of hydrogen-bond acceptors (Lipinski definition) is 3. The van der Waals surface area contributed by atoms with E-state index in [2.05, 4.69) is 24.4 Å². The van der Waals surface area contributed by atoms with E-state index in [0.29, 0.717) is 5.56 Å². The molecule has 106 valence electrons. The van der Waals surface area contributed by atoms with E-state index in [-0.39, 0.29) is 17.7 Å². The Bertz CT molecular complexity index is 619. The number of amides is 1. The summed E-state index contributed by atoms with van der Waals surface area (Å²) in [5.41, 5.74) is 1.39. The topological polar surface area (TPSA) is 49.3 Å². The minimum absolute atomic E-state index is 0.0775. The molecule has 4 heteroatoms. The molecule has 0 saturated carbocycles. The lowest BCUT2D eigenvalue weighted by atomic mass is 10.1. The van der Waals surface area contributed by atoms with Gasteiger partial charge in [-0.1, -0.05) is 0 Å². The maximum atomic E-state index is 12.2. The molecule has 2 N–H and O–H groups in total. The van der Waals surface area contributed by atoms with Crippen LogP contribution in [0.2, 0.25) is 0 Å². The van der Waals surface area contributed by atoms with Crippen LogP contribution in [0.1, 0.15) is 32.6 Å². The lowest BCUT2D eigenvalue weighted by molar-refractivity contribution is 0.0939. The molecule has 0 spiro atoms. The maximum absolute atomic E-state index is 12.2. The van der Waals surface area contributed by atoms with Crippen LogP contribution in [-0.2, 0) is 6.42 Å². The van der Waals surface area contributed by atoms with E-state index in [1.165, 1.54) is 15.8 Å². The molecule has 20 heavy (non-hydrogen) atoms. The Labute approximate surface area is 123 Å². The second-order valence-corrected chi connectivity index (χ2v) is 6.46. The fourth-order valence-electron chi connectivity index (χ4n) is 2.15. The van der Waals surface area contributed by atoms with Gasteiger partial charge >= 0.3 is 0 Å². The molecule has 3 nitrogen and oxygen atoms in total. The van der Waals surface area contributed by atoms with E-state index in [4.69, 9.17) is 0 Å². The molecule has 1 atom stereocenters. The zero-order valence-electron chi connectivity index (χ0n) is 11.9. The van der Waals surface area contributed by atoms with Gasteiger partial charge in [-0.2, -0.15) is 0 Å². The summed E-state index contributed by atoms with van der Waals surface area (Å²) in [6.45, 7) is 5.90. The number of benzene rings is 1. The lowest BCUT2D eigenvalue weighted by Crippen LogP contribution is -2.34. The van der Waals surface area contributed by atoms with E-state index < -0.39 is 0 Å². The number of carbonyl (C=O) groups excluding carboxylic acids is 1. The van der Waals surface area contributed by atoms with Crippen LogP contribution in [0.25, 0.3) is 0 Å². The summed E-state index contributed by atoms with van der Waals surface area (Å²) < 4.78 is 0. The molecule has 0 radical (unpaired) electrons. The highest BCUT2D eigenvalue weighted by Gasteiger charge is 2.13. The number of hydrogen-bond donors (Lipinski definition) is 2. The minimum atomic E-state index is -0.0942. The Morgan fingerprint density at radius 3 is 2.65 bits per heavy atom. The molecule has 1 unspecified atom stereocenters. The first-order valence-corrected chi connectivity index (χ1v) is 7.43. The van der Waals surface area contributed by atoms with Gasteiger partial charge in [0.05, 0.1) is 0 Å². The molecule has 0 aliphatic carbocycles. The number of nitrogens with one attached hydrogen (secondary N) is 1. The predicted molar refractivity (Wildman–Crippen MR) is 82.5 cm³/mol. The average molecular weight is 289 g/mol. The number of thiophene rings is 1. The first-order chi connectivity index (χ1) is 9.45. The van der Waals surface area contributed by atoms with Crippen LogP contribution >= 0.6 is 11.3 Å². The average Bonchev–Trinajstić information content (AvgIpc) is 2.74. The van der Waals surface area contributed by atoms with Crippen molar-refractivity contribution in [1.82, 2.24) is 5.32 Å². The van der Waals surface area contributed by atoms with Gasteiger partial charge < -0.3 is 10.4 Å². The van der Waals surface area contributed by atoms with Crippen LogP contribution in [0.3, 0.4) is 0 Å². The highest BCUT2D eigenvalue weighted by atomic mass is 32.1. The second-order valence-electron chi connectivity index (χ2n) is 5.09. The Hall–Kier alpha value is -1.81. The standard InChI is InChI=1S/C16H19NO2S/c1-10-8-13(18)5-7-15(10)16(19)17-11(2)9-14-6-4-12(3)20-14/h4-8,11,18H,9H2,1-3H3,(H,17,19). The molecule has 2 rings (SSSR count). The molecule has 1 heterocycles. The van der Waals surface area contributed by atoms with Crippen LogP contribution < -0.4 is 5.32 Å². The smallest absolute Gasteiger partial charge is 0.251 e. The molecule has 1 aromatic carbocycles. The molecule has 1 aromatic heterocycles. The van der Waals surface area contributed by atoms with Crippen molar-refractivity contribution in [2.24, 2.45) is 0 Å². The fraction of sp³-hybridized carbons (Fsp3) is 0.312. The molecule has 0 aliphatic rings. The van der Waals surface area contributed by atoms with Crippen LogP contribution in [0.5, 0.6) is 5.75 Å². The van der Waals surface area contributed by atoms with Gasteiger partial charge in [-0.05, 0) is 56.7 Å². The van der Waals surface area contributed by atoms with Gasteiger partial charge in [0.2, 0.25) is 0 Å². The zero-order valence-corrected chi connectivity index (χ0v) is 12.8. The monoisotopic (exact) mass is 289 g/mol. The van der Waals surface area contributed by atoms with E-state index >= 15 is 0 Å². The Morgan fingerprint density at radius 1 is 1.30 bits per heavy atom. The first kappa shape index (κ1) is 14.6. The van der Waals surface area contributed by atoms with E-state index in [1.54, 1.807) is 23.5 Å². The number of carbonyl (C=O) groups is 1. The van der Waals surface area contributed by atoms with E-state index in [0.717, 1.165) is 12.0 Å². The third-order valence-corrected chi connectivity index (χ3v) is 4.16. The summed E-state index contributed by atoms with van der Waals surface area (Å²) in [5, 5.41) is 12.4. The first-order valence-electron chi connectivity index (χ1n) is 6.61. The van der Waals surface area contributed by atoms with Crippen molar-refractivity contribution in [1.29, 1.82) is 0 Å². The van der Waals surface area contributed by atoms with Crippen LogP contribution in [0, 0.1) is 13.8 Å². The van der Waals surface area contributed by atoms with Crippen LogP contribution in [-0.4, -0.2) is 17.1 Å². The van der Waals surface area contributed by atoms with Gasteiger partial charge in [-0.25, -0.2) is 0 Å². The van der Waals surface area contributed by atoms with E-state index in [1.807, 2.05) is 13.8 Å². The SMILES string of the molecule is Cc1ccc(CC(C)NC(=O)c2ccc(O)cc2C)s1. The molecule has 2 aromatic rings. The predicted octanol–water partition coefficient (Wildman–Crippen LogP) is 3.43. The van der Waals surface area contributed by atoms with Gasteiger partial charge in [-0.15, -0.1) is 11.3 Å². The fourth-order valence-corrected chi connectivity index (χ4v) is 3.17. The summed E-state index contributed by atoms with van der Waals surface area (Å²) in [7, 11) is 0. The van der Waals surface area contributed by atoms with Crippen molar-refractivity contribution in [2.45, 2.75) is 33.2 Å². The third-order valence-electron chi connectivity index (χ3n) is 3.14. The summed E-state index contributed by atoms with van der Waals surface area (Å²) >= 11 is 1.76. The van der Waals surface area contributed by atoms with Gasteiger partial charge in [0, 0.05) is 27.8 Å². The highest BCUT2D eigenvalue weighted by molar-refractivity contribution is 7.11. The van der Waals surface area contributed by atoms with Gasteiger partial charge in [0.1, 0.15) is 5.75 Å². The number of rotatable bonds is 4. The molecule has 0 saturated heterocycles. The summed E-state index contributed by atoms with van der Waals surface area (Å²) in [6, 6.07) is 9.07. The zero-order chi connectivity index (χ0) is 14.7. The van der Waals surface area contributed by atoms with Crippen molar-refractivity contribution in [3.05, 3.63) is 51.2 Å².